The van der Waals surface area contributed by atoms with Gasteiger partial charge in [-0.3, -0.25) is 4.79 Å². The van der Waals surface area contributed by atoms with Crippen molar-refractivity contribution >= 4 is 29.2 Å². The third kappa shape index (κ3) is 4.67. The van der Waals surface area contributed by atoms with E-state index < -0.39 is 0 Å². The highest BCUT2D eigenvalue weighted by Gasteiger charge is 2.13. The summed E-state index contributed by atoms with van der Waals surface area (Å²) >= 11 is 1.31. The fourth-order valence-electron chi connectivity index (χ4n) is 2.58. The molecule has 1 fully saturated rings. The molecule has 1 saturated heterocycles. The zero-order chi connectivity index (χ0) is 16.8. The van der Waals surface area contributed by atoms with Crippen LogP contribution in [0.2, 0.25) is 0 Å². The van der Waals surface area contributed by atoms with Crippen molar-refractivity contribution in [3.05, 3.63) is 42.2 Å². The van der Waals surface area contributed by atoms with E-state index in [2.05, 4.69) is 20.4 Å². The zero-order valence-corrected chi connectivity index (χ0v) is 14.1. The Morgan fingerprint density at radius 1 is 1.17 bits per heavy atom. The van der Waals surface area contributed by atoms with E-state index in [1.54, 1.807) is 12.1 Å². The van der Waals surface area contributed by atoms with Gasteiger partial charge >= 0.3 is 0 Å². The molecule has 0 spiro atoms. The minimum Gasteiger partial charge on any atom is -0.355 e. The predicted molar refractivity (Wildman–Crippen MR) is 93.8 cm³/mol. The summed E-state index contributed by atoms with van der Waals surface area (Å²) < 4.78 is 13.1. The lowest BCUT2D eigenvalue weighted by Gasteiger charge is -2.27. The Labute approximate surface area is 144 Å². The van der Waals surface area contributed by atoms with Crippen LogP contribution in [0.5, 0.6) is 0 Å². The Morgan fingerprint density at radius 3 is 2.71 bits per heavy atom. The summed E-state index contributed by atoms with van der Waals surface area (Å²) in [4.78, 5) is 14.1. The van der Waals surface area contributed by atoms with Gasteiger partial charge in [-0.1, -0.05) is 17.8 Å². The molecular formula is C17H19FN4OS. The van der Waals surface area contributed by atoms with E-state index >= 15 is 0 Å². The van der Waals surface area contributed by atoms with Crippen LogP contribution in [0, 0.1) is 5.82 Å². The van der Waals surface area contributed by atoms with Crippen LogP contribution in [-0.4, -0.2) is 34.9 Å². The van der Waals surface area contributed by atoms with Gasteiger partial charge in [0.15, 0.2) is 5.82 Å². The van der Waals surface area contributed by atoms with E-state index in [1.165, 1.54) is 43.2 Å². The van der Waals surface area contributed by atoms with Gasteiger partial charge in [-0.05, 0) is 49.6 Å². The van der Waals surface area contributed by atoms with Crippen molar-refractivity contribution in [1.82, 2.24) is 10.2 Å². The zero-order valence-electron chi connectivity index (χ0n) is 13.2. The summed E-state index contributed by atoms with van der Waals surface area (Å²) in [6.07, 6.45) is 3.66. The summed E-state index contributed by atoms with van der Waals surface area (Å²) in [6.45, 7) is 2.05. The summed E-state index contributed by atoms with van der Waals surface area (Å²) in [7, 11) is 0. The fraction of sp³-hybridized carbons (Fsp3) is 0.353. The van der Waals surface area contributed by atoms with Crippen LogP contribution in [0.15, 0.2) is 41.4 Å². The highest BCUT2D eigenvalue weighted by molar-refractivity contribution is 7.99. The number of nitrogens with zero attached hydrogens (tertiary/aromatic N) is 3. The molecule has 126 valence electrons. The Morgan fingerprint density at radius 2 is 2.00 bits per heavy atom. The van der Waals surface area contributed by atoms with Crippen molar-refractivity contribution in [2.45, 2.75) is 24.3 Å². The fourth-order valence-corrected chi connectivity index (χ4v) is 3.20. The summed E-state index contributed by atoms with van der Waals surface area (Å²) in [5, 5.41) is 11.8. The average molecular weight is 346 g/mol. The quantitative estimate of drug-likeness (QED) is 0.842. The van der Waals surface area contributed by atoms with E-state index in [4.69, 9.17) is 0 Å². The molecule has 5 nitrogen and oxygen atoms in total. The molecule has 1 N–H and O–H groups in total. The van der Waals surface area contributed by atoms with E-state index in [0.29, 0.717) is 10.7 Å². The second-order valence-corrected chi connectivity index (χ2v) is 6.62. The van der Waals surface area contributed by atoms with Gasteiger partial charge in [0, 0.05) is 18.8 Å². The molecule has 0 aliphatic carbocycles. The van der Waals surface area contributed by atoms with Crippen LogP contribution in [-0.2, 0) is 4.79 Å². The number of rotatable bonds is 5. The van der Waals surface area contributed by atoms with Crippen LogP contribution in [0.4, 0.5) is 15.9 Å². The van der Waals surface area contributed by atoms with Crippen molar-refractivity contribution in [1.29, 1.82) is 0 Å². The first kappa shape index (κ1) is 16.7. The third-order valence-corrected chi connectivity index (χ3v) is 4.69. The Balaban J connectivity index is 1.50. The minimum atomic E-state index is -0.375. The molecule has 1 aromatic heterocycles. The van der Waals surface area contributed by atoms with Crippen molar-refractivity contribution in [2.24, 2.45) is 0 Å². The Kier molecular flexibility index (Phi) is 5.63. The van der Waals surface area contributed by atoms with E-state index in [0.717, 1.165) is 18.9 Å². The molecule has 2 aromatic rings. The molecule has 0 radical (unpaired) electrons. The molecule has 1 aromatic carbocycles. The molecule has 0 atom stereocenters. The van der Waals surface area contributed by atoms with E-state index in [9.17, 15) is 9.18 Å². The standard InChI is InChI=1S/C17H19FN4OS/c18-13-5-4-6-14(11-13)19-16(23)12-24-17-8-7-15(20-21-17)22-9-2-1-3-10-22/h4-8,11H,1-3,9-10,12H2,(H,19,23). The van der Waals surface area contributed by atoms with Gasteiger partial charge < -0.3 is 10.2 Å². The first-order chi connectivity index (χ1) is 11.7. The molecule has 7 heteroatoms. The lowest BCUT2D eigenvalue weighted by molar-refractivity contribution is -0.113. The number of carbonyl (C=O) groups is 1. The number of nitrogens with one attached hydrogen (secondary N) is 1. The lowest BCUT2D eigenvalue weighted by atomic mass is 10.1. The Bertz CT molecular complexity index is 689. The second-order valence-electron chi connectivity index (χ2n) is 5.62. The topological polar surface area (TPSA) is 58.1 Å². The molecule has 0 saturated carbocycles. The van der Waals surface area contributed by atoms with Crippen molar-refractivity contribution in [2.75, 3.05) is 29.1 Å². The monoisotopic (exact) mass is 346 g/mol. The highest BCUT2D eigenvalue weighted by Crippen LogP contribution is 2.20. The lowest BCUT2D eigenvalue weighted by Crippen LogP contribution is -2.30. The van der Waals surface area contributed by atoms with Crippen molar-refractivity contribution in [3.63, 3.8) is 0 Å². The number of piperidine rings is 1. The number of hydrogen-bond acceptors (Lipinski definition) is 5. The molecule has 2 heterocycles. The predicted octanol–water partition coefficient (Wildman–Crippen LogP) is 3.34. The minimum absolute atomic E-state index is 0.201. The van der Waals surface area contributed by atoms with Crippen molar-refractivity contribution < 1.29 is 9.18 Å². The molecule has 1 amide bonds. The van der Waals surface area contributed by atoms with Gasteiger partial charge in [0.1, 0.15) is 10.8 Å². The molecule has 24 heavy (non-hydrogen) atoms. The molecule has 0 bridgehead atoms. The number of amides is 1. The summed E-state index contributed by atoms with van der Waals surface area (Å²) in [6, 6.07) is 9.67. The number of halogens is 1. The largest absolute Gasteiger partial charge is 0.355 e. The van der Waals surface area contributed by atoms with Crippen LogP contribution in [0.25, 0.3) is 0 Å². The van der Waals surface area contributed by atoms with Crippen LogP contribution in [0.3, 0.4) is 0 Å². The molecule has 0 unspecified atom stereocenters. The SMILES string of the molecule is O=C(CSc1ccc(N2CCCCC2)nn1)Nc1cccc(F)c1. The second kappa shape index (κ2) is 8.10. The first-order valence-electron chi connectivity index (χ1n) is 7.97. The Hall–Kier alpha value is -2.15. The molecular weight excluding hydrogens is 327 g/mol. The number of thioether (sulfide) groups is 1. The normalized spacial score (nSPS) is 14.5. The van der Waals surface area contributed by atoms with E-state index in [-0.39, 0.29) is 17.5 Å². The van der Waals surface area contributed by atoms with Crippen LogP contribution < -0.4 is 10.2 Å². The van der Waals surface area contributed by atoms with Crippen LogP contribution in [0.1, 0.15) is 19.3 Å². The summed E-state index contributed by atoms with van der Waals surface area (Å²) in [5.74, 6) is 0.518. The number of anilines is 2. The van der Waals surface area contributed by atoms with Gasteiger partial charge in [0.25, 0.3) is 0 Å². The van der Waals surface area contributed by atoms with Crippen molar-refractivity contribution in [3.8, 4) is 0 Å². The van der Waals surface area contributed by atoms with Crippen LogP contribution >= 0.6 is 11.8 Å². The number of aromatic nitrogens is 2. The van der Waals surface area contributed by atoms with Gasteiger partial charge in [0.05, 0.1) is 5.75 Å². The molecule has 1 aliphatic heterocycles. The first-order valence-corrected chi connectivity index (χ1v) is 8.96. The molecule has 3 rings (SSSR count). The maximum atomic E-state index is 13.1. The van der Waals surface area contributed by atoms with E-state index in [1.807, 2.05) is 12.1 Å². The van der Waals surface area contributed by atoms with Gasteiger partial charge in [-0.2, -0.15) is 0 Å². The maximum absolute atomic E-state index is 13.1. The number of hydrogen-bond donors (Lipinski definition) is 1. The van der Waals surface area contributed by atoms with Gasteiger partial charge in [-0.15, -0.1) is 10.2 Å². The average Bonchev–Trinajstić information content (AvgIpc) is 2.61. The maximum Gasteiger partial charge on any atom is 0.234 e. The van der Waals surface area contributed by atoms with Gasteiger partial charge in [-0.25, -0.2) is 4.39 Å². The van der Waals surface area contributed by atoms with Gasteiger partial charge in [0.2, 0.25) is 5.91 Å². The number of benzene rings is 1. The smallest absolute Gasteiger partial charge is 0.234 e. The number of carbonyl (C=O) groups excluding carboxylic acids is 1. The molecule has 1 aliphatic rings. The third-order valence-electron chi connectivity index (χ3n) is 3.77. The highest BCUT2D eigenvalue weighted by atomic mass is 32.2. The summed E-state index contributed by atoms with van der Waals surface area (Å²) in [5.41, 5.74) is 0.451.